The average Bonchev–Trinajstić information content (AvgIpc) is 3.05. The maximum absolute atomic E-state index is 11.7. The van der Waals surface area contributed by atoms with Crippen LogP contribution in [0.1, 0.15) is 15.2 Å². The van der Waals surface area contributed by atoms with Gasteiger partial charge in [-0.05, 0) is 35.3 Å². The van der Waals surface area contributed by atoms with Gasteiger partial charge in [0.1, 0.15) is 4.88 Å². The van der Waals surface area contributed by atoms with Crippen molar-refractivity contribution in [2.75, 3.05) is 6.79 Å². The molecular formula is C12H10N2O3S. The molecule has 3 rings (SSSR count). The van der Waals surface area contributed by atoms with Crippen LogP contribution < -0.4 is 14.8 Å². The SMILES string of the molecule is O=C(NCc1ccc2c(c1)OCO2)c1ccns1. The monoisotopic (exact) mass is 262 g/mol. The van der Waals surface area contributed by atoms with E-state index in [0.29, 0.717) is 11.4 Å². The first-order chi connectivity index (χ1) is 8.83. The summed E-state index contributed by atoms with van der Waals surface area (Å²) in [5, 5.41) is 2.83. The largest absolute Gasteiger partial charge is 0.454 e. The first-order valence-corrected chi connectivity index (χ1v) is 6.18. The first-order valence-electron chi connectivity index (χ1n) is 5.40. The van der Waals surface area contributed by atoms with Crippen LogP contribution in [-0.4, -0.2) is 17.1 Å². The van der Waals surface area contributed by atoms with Crippen molar-refractivity contribution >= 4 is 17.4 Å². The summed E-state index contributed by atoms with van der Waals surface area (Å²) in [5.41, 5.74) is 0.970. The third kappa shape index (κ3) is 2.14. The lowest BCUT2D eigenvalue weighted by atomic mass is 10.2. The van der Waals surface area contributed by atoms with E-state index in [-0.39, 0.29) is 12.7 Å². The third-order valence-electron chi connectivity index (χ3n) is 2.55. The molecule has 0 atom stereocenters. The van der Waals surface area contributed by atoms with Crippen LogP contribution in [0.25, 0.3) is 0 Å². The Balaban J connectivity index is 1.65. The molecule has 1 aliphatic heterocycles. The molecule has 1 aliphatic rings. The van der Waals surface area contributed by atoms with Gasteiger partial charge in [-0.2, -0.15) is 0 Å². The van der Waals surface area contributed by atoms with Gasteiger partial charge < -0.3 is 14.8 Å². The summed E-state index contributed by atoms with van der Waals surface area (Å²) in [6.45, 7) is 0.708. The van der Waals surface area contributed by atoms with Crippen LogP contribution in [0.15, 0.2) is 30.5 Å². The van der Waals surface area contributed by atoms with Crippen molar-refractivity contribution in [1.29, 1.82) is 0 Å². The molecule has 0 radical (unpaired) electrons. The highest BCUT2D eigenvalue weighted by molar-refractivity contribution is 7.08. The number of rotatable bonds is 3. The fraction of sp³-hybridized carbons (Fsp3) is 0.167. The summed E-state index contributed by atoms with van der Waals surface area (Å²) in [6.07, 6.45) is 1.61. The summed E-state index contributed by atoms with van der Waals surface area (Å²) in [7, 11) is 0. The quantitative estimate of drug-likeness (QED) is 0.916. The van der Waals surface area contributed by atoms with E-state index in [4.69, 9.17) is 9.47 Å². The van der Waals surface area contributed by atoms with E-state index < -0.39 is 0 Å². The Bertz CT molecular complexity index is 569. The molecule has 2 heterocycles. The molecule has 6 heteroatoms. The number of carbonyl (C=O) groups is 1. The Morgan fingerprint density at radius 3 is 3.06 bits per heavy atom. The van der Waals surface area contributed by atoms with E-state index in [1.807, 2.05) is 18.2 Å². The molecule has 0 unspecified atom stereocenters. The zero-order valence-electron chi connectivity index (χ0n) is 9.38. The topological polar surface area (TPSA) is 60.5 Å². The van der Waals surface area contributed by atoms with Crippen LogP contribution in [0.4, 0.5) is 0 Å². The maximum atomic E-state index is 11.7. The second-order valence-corrected chi connectivity index (χ2v) is 4.58. The Morgan fingerprint density at radius 2 is 2.22 bits per heavy atom. The van der Waals surface area contributed by atoms with Crippen molar-refractivity contribution in [2.24, 2.45) is 0 Å². The minimum absolute atomic E-state index is 0.116. The molecule has 0 bridgehead atoms. The number of nitrogens with zero attached hydrogens (tertiary/aromatic N) is 1. The highest BCUT2D eigenvalue weighted by atomic mass is 32.1. The van der Waals surface area contributed by atoms with Crippen LogP contribution in [0.2, 0.25) is 0 Å². The van der Waals surface area contributed by atoms with Crippen LogP contribution in [0.3, 0.4) is 0 Å². The molecule has 0 aliphatic carbocycles. The fourth-order valence-electron chi connectivity index (χ4n) is 1.65. The van der Waals surface area contributed by atoms with Crippen LogP contribution in [-0.2, 0) is 6.54 Å². The first kappa shape index (κ1) is 11.0. The van der Waals surface area contributed by atoms with Gasteiger partial charge in [0.25, 0.3) is 5.91 Å². The smallest absolute Gasteiger partial charge is 0.263 e. The Hall–Kier alpha value is -2.08. The predicted molar refractivity (Wildman–Crippen MR) is 65.8 cm³/mol. The molecule has 1 aromatic carbocycles. The van der Waals surface area contributed by atoms with Crippen molar-refractivity contribution in [3.05, 3.63) is 40.9 Å². The van der Waals surface area contributed by atoms with Gasteiger partial charge in [0.05, 0.1) is 0 Å². The standard InChI is InChI=1S/C12H10N2O3S/c15-12(11-3-4-14-18-11)13-6-8-1-2-9-10(5-8)17-7-16-9/h1-5H,6-7H2,(H,13,15). The molecule has 1 amide bonds. The third-order valence-corrected chi connectivity index (χ3v) is 3.30. The van der Waals surface area contributed by atoms with Crippen molar-refractivity contribution in [3.8, 4) is 11.5 Å². The number of benzene rings is 1. The van der Waals surface area contributed by atoms with E-state index in [0.717, 1.165) is 17.1 Å². The van der Waals surface area contributed by atoms with Crippen molar-refractivity contribution in [1.82, 2.24) is 9.69 Å². The number of carbonyl (C=O) groups excluding carboxylic acids is 1. The van der Waals surface area contributed by atoms with Gasteiger partial charge in [0.2, 0.25) is 6.79 Å². The summed E-state index contributed by atoms with van der Waals surface area (Å²) < 4.78 is 14.4. The fourth-order valence-corrected chi connectivity index (χ4v) is 2.17. The highest BCUT2D eigenvalue weighted by Crippen LogP contribution is 2.32. The number of hydrogen-bond donors (Lipinski definition) is 1. The lowest BCUT2D eigenvalue weighted by Crippen LogP contribution is -2.21. The maximum Gasteiger partial charge on any atom is 0.263 e. The van der Waals surface area contributed by atoms with Gasteiger partial charge in [0.15, 0.2) is 11.5 Å². The van der Waals surface area contributed by atoms with E-state index in [1.165, 1.54) is 11.5 Å². The summed E-state index contributed by atoms with van der Waals surface area (Å²) in [4.78, 5) is 12.3. The van der Waals surface area contributed by atoms with Crippen LogP contribution in [0.5, 0.6) is 11.5 Å². The number of amides is 1. The van der Waals surface area contributed by atoms with Gasteiger partial charge in [0, 0.05) is 12.7 Å². The number of aromatic nitrogens is 1. The predicted octanol–water partition coefficient (Wildman–Crippen LogP) is 1.80. The van der Waals surface area contributed by atoms with Gasteiger partial charge in [-0.1, -0.05) is 6.07 Å². The van der Waals surface area contributed by atoms with E-state index in [2.05, 4.69) is 9.69 Å². The molecule has 5 nitrogen and oxygen atoms in total. The zero-order valence-corrected chi connectivity index (χ0v) is 10.2. The summed E-state index contributed by atoms with van der Waals surface area (Å²) in [5.74, 6) is 1.35. The average molecular weight is 262 g/mol. The molecule has 0 fully saturated rings. The minimum Gasteiger partial charge on any atom is -0.454 e. The van der Waals surface area contributed by atoms with E-state index >= 15 is 0 Å². The molecule has 1 N–H and O–H groups in total. The molecule has 18 heavy (non-hydrogen) atoms. The van der Waals surface area contributed by atoms with Crippen molar-refractivity contribution < 1.29 is 14.3 Å². The second-order valence-electron chi connectivity index (χ2n) is 3.75. The van der Waals surface area contributed by atoms with Gasteiger partial charge in [-0.15, -0.1) is 0 Å². The van der Waals surface area contributed by atoms with E-state index in [9.17, 15) is 4.79 Å². The Kier molecular flexibility index (Phi) is 2.85. The summed E-state index contributed by atoms with van der Waals surface area (Å²) in [6, 6.07) is 7.31. The number of fused-ring (bicyclic) bond motifs is 1. The Morgan fingerprint density at radius 1 is 1.33 bits per heavy atom. The highest BCUT2D eigenvalue weighted by Gasteiger charge is 2.13. The molecule has 2 aromatic rings. The van der Waals surface area contributed by atoms with Crippen LogP contribution >= 0.6 is 11.5 Å². The lowest BCUT2D eigenvalue weighted by molar-refractivity contribution is 0.0955. The number of nitrogens with one attached hydrogen (secondary N) is 1. The van der Waals surface area contributed by atoms with Gasteiger partial charge in [-0.3, -0.25) is 4.79 Å². The normalized spacial score (nSPS) is 12.4. The molecule has 1 aromatic heterocycles. The Labute approximate surface area is 108 Å². The molecule has 0 saturated heterocycles. The molecule has 0 spiro atoms. The van der Waals surface area contributed by atoms with Crippen molar-refractivity contribution in [3.63, 3.8) is 0 Å². The zero-order chi connectivity index (χ0) is 12.4. The minimum atomic E-state index is -0.116. The van der Waals surface area contributed by atoms with Crippen LogP contribution in [0, 0.1) is 0 Å². The molecule has 0 saturated carbocycles. The molecule has 92 valence electrons. The van der Waals surface area contributed by atoms with Gasteiger partial charge >= 0.3 is 0 Å². The lowest BCUT2D eigenvalue weighted by Gasteiger charge is -2.04. The molecular weight excluding hydrogens is 252 g/mol. The summed E-state index contributed by atoms with van der Waals surface area (Å²) >= 11 is 1.18. The number of hydrogen-bond acceptors (Lipinski definition) is 5. The van der Waals surface area contributed by atoms with E-state index in [1.54, 1.807) is 12.3 Å². The second kappa shape index (κ2) is 4.66. The van der Waals surface area contributed by atoms with Crippen molar-refractivity contribution in [2.45, 2.75) is 6.54 Å². The number of ether oxygens (including phenoxy) is 2. The van der Waals surface area contributed by atoms with Gasteiger partial charge in [-0.25, -0.2) is 4.37 Å².